The molecule has 2 aromatic rings. The summed E-state index contributed by atoms with van der Waals surface area (Å²) in [6.07, 6.45) is 2.10. The summed E-state index contributed by atoms with van der Waals surface area (Å²) in [6.45, 7) is 8.16. The van der Waals surface area contributed by atoms with E-state index < -0.39 is 0 Å². The van der Waals surface area contributed by atoms with Crippen molar-refractivity contribution in [2.24, 2.45) is 12.0 Å². The van der Waals surface area contributed by atoms with E-state index in [1.54, 1.807) is 11.8 Å². The first kappa shape index (κ1) is 18.3. The third-order valence-corrected chi connectivity index (χ3v) is 4.61. The van der Waals surface area contributed by atoms with Gasteiger partial charge in [0.15, 0.2) is 11.8 Å². The molecule has 130 valence electrons. The highest BCUT2D eigenvalue weighted by molar-refractivity contribution is 7.98. The van der Waals surface area contributed by atoms with E-state index in [4.69, 9.17) is 4.99 Å². The van der Waals surface area contributed by atoms with Gasteiger partial charge in [0.2, 0.25) is 0 Å². The SMILES string of the molecule is CCNC(=NCc1ccc(C)cc1SC)NCc1nnc(C)n1C. The Morgan fingerprint density at radius 3 is 2.67 bits per heavy atom. The average molecular weight is 347 g/mol. The molecule has 0 bridgehead atoms. The lowest BCUT2D eigenvalue weighted by molar-refractivity contribution is 0.718. The van der Waals surface area contributed by atoms with E-state index in [0.29, 0.717) is 13.1 Å². The molecule has 0 radical (unpaired) electrons. The van der Waals surface area contributed by atoms with Crippen LogP contribution in [0.3, 0.4) is 0 Å². The second-order valence-corrected chi connectivity index (χ2v) is 6.43. The number of nitrogens with zero attached hydrogens (tertiary/aromatic N) is 4. The summed E-state index contributed by atoms with van der Waals surface area (Å²) in [5, 5.41) is 14.8. The van der Waals surface area contributed by atoms with Crippen molar-refractivity contribution in [2.45, 2.75) is 38.8 Å². The lowest BCUT2D eigenvalue weighted by Crippen LogP contribution is -2.37. The smallest absolute Gasteiger partial charge is 0.191 e. The van der Waals surface area contributed by atoms with Crippen molar-refractivity contribution in [1.29, 1.82) is 0 Å². The van der Waals surface area contributed by atoms with Crippen LogP contribution in [0.5, 0.6) is 0 Å². The minimum atomic E-state index is 0.590. The minimum absolute atomic E-state index is 0.590. The van der Waals surface area contributed by atoms with Gasteiger partial charge in [-0.2, -0.15) is 0 Å². The third-order valence-electron chi connectivity index (χ3n) is 3.79. The molecule has 0 unspecified atom stereocenters. The Morgan fingerprint density at radius 1 is 1.25 bits per heavy atom. The van der Waals surface area contributed by atoms with Crippen LogP contribution in [0.25, 0.3) is 0 Å². The molecule has 0 atom stereocenters. The summed E-state index contributed by atoms with van der Waals surface area (Å²) in [6, 6.07) is 6.49. The predicted octanol–water partition coefficient (Wildman–Crippen LogP) is 2.41. The fourth-order valence-corrected chi connectivity index (χ4v) is 2.95. The van der Waals surface area contributed by atoms with Crippen LogP contribution in [-0.2, 0) is 20.1 Å². The molecular formula is C17H26N6S. The van der Waals surface area contributed by atoms with E-state index in [0.717, 1.165) is 24.2 Å². The molecule has 0 saturated carbocycles. The fourth-order valence-electron chi connectivity index (χ4n) is 2.26. The molecule has 0 spiro atoms. The highest BCUT2D eigenvalue weighted by atomic mass is 32.2. The van der Waals surface area contributed by atoms with Gasteiger partial charge in [-0.25, -0.2) is 4.99 Å². The van der Waals surface area contributed by atoms with Gasteiger partial charge in [0.1, 0.15) is 5.82 Å². The first-order chi connectivity index (χ1) is 11.5. The zero-order valence-corrected chi connectivity index (χ0v) is 15.9. The second-order valence-electron chi connectivity index (χ2n) is 5.59. The predicted molar refractivity (Wildman–Crippen MR) is 100 cm³/mol. The summed E-state index contributed by atoms with van der Waals surface area (Å²) in [5.74, 6) is 2.57. The highest BCUT2D eigenvalue weighted by Crippen LogP contribution is 2.22. The number of aromatic nitrogens is 3. The lowest BCUT2D eigenvalue weighted by atomic mass is 10.1. The molecule has 0 saturated heterocycles. The monoisotopic (exact) mass is 346 g/mol. The van der Waals surface area contributed by atoms with Crippen molar-refractivity contribution in [3.8, 4) is 0 Å². The standard InChI is InChI=1S/C17H26N6S/c1-6-18-17(20-11-16-22-21-13(3)23(16)4)19-10-14-8-7-12(2)9-15(14)24-5/h7-9H,6,10-11H2,1-5H3,(H2,18,19,20). The average Bonchev–Trinajstić information content (AvgIpc) is 2.90. The number of nitrogens with one attached hydrogen (secondary N) is 2. The van der Waals surface area contributed by atoms with Gasteiger partial charge >= 0.3 is 0 Å². The van der Waals surface area contributed by atoms with Crippen LogP contribution in [0.15, 0.2) is 28.1 Å². The number of benzene rings is 1. The van der Waals surface area contributed by atoms with Crippen LogP contribution in [0, 0.1) is 13.8 Å². The van der Waals surface area contributed by atoms with E-state index in [9.17, 15) is 0 Å². The molecule has 24 heavy (non-hydrogen) atoms. The highest BCUT2D eigenvalue weighted by Gasteiger charge is 2.06. The van der Waals surface area contributed by atoms with Gasteiger partial charge in [-0.15, -0.1) is 22.0 Å². The Labute approximate surface area is 148 Å². The Bertz CT molecular complexity index is 707. The van der Waals surface area contributed by atoms with Crippen molar-refractivity contribution in [1.82, 2.24) is 25.4 Å². The Hall–Kier alpha value is -2.02. The van der Waals surface area contributed by atoms with Crippen LogP contribution >= 0.6 is 11.8 Å². The molecule has 1 aromatic heterocycles. The molecule has 0 aliphatic carbocycles. The largest absolute Gasteiger partial charge is 0.357 e. The number of hydrogen-bond donors (Lipinski definition) is 2. The van der Waals surface area contributed by atoms with Crippen molar-refractivity contribution >= 4 is 17.7 Å². The third kappa shape index (κ3) is 4.74. The second kappa shape index (κ2) is 8.73. The number of aliphatic imine (C=N–C) groups is 1. The molecule has 0 fully saturated rings. The number of rotatable bonds is 6. The van der Waals surface area contributed by atoms with E-state index in [1.165, 1.54) is 16.0 Å². The maximum atomic E-state index is 4.70. The van der Waals surface area contributed by atoms with Crippen LogP contribution in [0.4, 0.5) is 0 Å². The molecular weight excluding hydrogens is 320 g/mol. The number of hydrogen-bond acceptors (Lipinski definition) is 4. The number of aryl methyl sites for hydroxylation is 2. The normalized spacial score (nSPS) is 11.6. The summed E-state index contributed by atoms with van der Waals surface area (Å²) >= 11 is 1.76. The molecule has 0 aliphatic rings. The van der Waals surface area contributed by atoms with Gasteiger partial charge in [-0.1, -0.05) is 12.1 Å². The summed E-state index contributed by atoms with van der Waals surface area (Å²) in [7, 11) is 1.97. The summed E-state index contributed by atoms with van der Waals surface area (Å²) < 4.78 is 1.97. The molecule has 6 nitrogen and oxygen atoms in total. The van der Waals surface area contributed by atoms with Gasteiger partial charge < -0.3 is 15.2 Å². The number of guanidine groups is 1. The fraction of sp³-hybridized carbons (Fsp3) is 0.471. The van der Waals surface area contributed by atoms with Gasteiger partial charge in [-0.3, -0.25) is 0 Å². The molecule has 1 aromatic carbocycles. The Kier molecular flexibility index (Phi) is 6.66. The first-order valence-electron chi connectivity index (χ1n) is 8.05. The van der Waals surface area contributed by atoms with Crippen molar-refractivity contribution in [3.05, 3.63) is 41.0 Å². The number of thioether (sulfide) groups is 1. The molecule has 2 N–H and O–H groups in total. The molecule has 1 heterocycles. The molecule has 0 amide bonds. The first-order valence-corrected chi connectivity index (χ1v) is 9.28. The Balaban J connectivity index is 2.06. The maximum Gasteiger partial charge on any atom is 0.191 e. The topological polar surface area (TPSA) is 67.1 Å². The van der Waals surface area contributed by atoms with Crippen molar-refractivity contribution < 1.29 is 0 Å². The molecule has 2 rings (SSSR count). The van der Waals surface area contributed by atoms with E-state index in [-0.39, 0.29) is 0 Å². The van der Waals surface area contributed by atoms with Gasteiger partial charge in [0, 0.05) is 18.5 Å². The van der Waals surface area contributed by atoms with Crippen LogP contribution in [0.2, 0.25) is 0 Å². The van der Waals surface area contributed by atoms with Gasteiger partial charge in [0.05, 0.1) is 13.1 Å². The molecule has 7 heteroatoms. The van der Waals surface area contributed by atoms with Crippen LogP contribution in [0.1, 0.15) is 29.7 Å². The Morgan fingerprint density at radius 2 is 2.04 bits per heavy atom. The van der Waals surface area contributed by atoms with E-state index in [2.05, 4.69) is 59.1 Å². The van der Waals surface area contributed by atoms with Crippen molar-refractivity contribution in [3.63, 3.8) is 0 Å². The zero-order chi connectivity index (χ0) is 17.5. The quantitative estimate of drug-likeness (QED) is 0.478. The summed E-state index contributed by atoms with van der Waals surface area (Å²) in [5.41, 5.74) is 2.51. The van der Waals surface area contributed by atoms with E-state index in [1.807, 2.05) is 18.5 Å². The zero-order valence-electron chi connectivity index (χ0n) is 15.1. The van der Waals surface area contributed by atoms with Crippen molar-refractivity contribution in [2.75, 3.05) is 12.8 Å². The maximum absolute atomic E-state index is 4.70. The van der Waals surface area contributed by atoms with E-state index >= 15 is 0 Å². The van der Waals surface area contributed by atoms with Crippen LogP contribution in [-0.4, -0.2) is 33.5 Å². The molecule has 0 aliphatic heterocycles. The minimum Gasteiger partial charge on any atom is -0.357 e. The lowest BCUT2D eigenvalue weighted by Gasteiger charge is -2.12. The summed E-state index contributed by atoms with van der Waals surface area (Å²) in [4.78, 5) is 5.97. The van der Waals surface area contributed by atoms with Crippen LogP contribution < -0.4 is 10.6 Å². The van der Waals surface area contributed by atoms with Gasteiger partial charge in [0.25, 0.3) is 0 Å². The van der Waals surface area contributed by atoms with Gasteiger partial charge in [-0.05, 0) is 44.2 Å².